The minimum Gasteiger partial charge on any atom is -0.546 e. The monoisotopic (exact) mass is 341 g/mol. The van der Waals surface area contributed by atoms with Gasteiger partial charge in [-0.15, -0.1) is 0 Å². The molecule has 0 saturated carbocycles. The maximum Gasteiger partial charge on any atom is 0.185 e. The molecule has 0 aliphatic rings. The van der Waals surface area contributed by atoms with Crippen LogP contribution < -0.4 is 19.3 Å². The second kappa shape index (κ2) is 8.54. The summed E-state index contributed by atoms with van der Waals surface area (Å²) in [5, 5.41) is 10.3. The van der Waals surface area contributed by atoms with Gasteiger partial charge in [0, 0.05) is 5.56 Å². The van der Waals surface area contributed by atoms with Crippen molar-refractivity contribution in [2.75, 3.05) is 20.8 Å². The first-order valence-electron chi connectivity index (χ1n) is 7.40. The fourth-order valence-corrected chi connectivity index (χ4v) is 2.08. The Balaban J connectivity index is 2.06. The molecule has 130 valence electrons. The van der Waals surface area contributed by atoms with Crippen molar-refractivity contribution < 1.29 is 28.9 Å². The number of hydrogen-bond acceptors (Lipinski definition) is 6. The van der Waals surface area contributed by atoms with Gasteiger partial charge in [0.05, 0.1) is 20.2 Å². The van der Waals surface area contributed by atoms with Crippen molar-refractivity contribution in [3.63, 3.8) is 0 Å². The Hall–Kier alpha value is -3.28. The molecule has 0 saturated heterocycles. The number of ether oxygens (including phenoxy) is 3. The van der Waals surface area contributed by atoms with E-state index in [0.29, 0.717) is 22.8 Å². The zero-order chi connectivity index (χ0) is 18.2. The van der Waals surface area contributed by atoms with Crippen LogP contribution in [0.25, 0.3) is 6.08 Å². The minimum atomic E-state index is -1.31. The van der Waals surface area contributed by atoms with Crippen LogP contribution in [0.15, 0.2) is 48.5 Å². The molecule has 25 heavy (non-hydrogen) atoms. The first kappa shape index (κ1) is 18.1. The molecule has 0 unspecified atom stereocenters. The Labute approximate surface area is 145 Å². The number of allylic oxidation sites excluding steroid dienone is 1. The van der Waals surface area contributed by atoms with E-state index in [9.17, 15) is 14.7 Å². The zero-order valence-corrected chi connectivity index (χ0v) is 13.9. The Morgan fingerprint density at radius 1 is 1.00 bits per heavy atom. The molecule has 0 aliphatic carbocycles. The number of carboxylic acids is 1. The van der Waals surface area contributed by atoms with Crippen molar-refractivity contribution in [1.29, 1.82) is 0 Å². The molecule has 6 nitrogen and oxygen atoms in total. The lowest BCUT2D eigenvalue weighted by Crippen LogP contribution is -2.28. The molecule has 0 bridgehead atoms. The highest BCUT2D eigenvalue weighted by atomic mass is 16.5. The minimum absolute atomic E-state index is 0.193. The van der Waals surface area contributed by atoms with Crippen LogP contribution in [0, 0.1) is 0 Å². The molecule has 0 aliphatic heterocycles. The smallest absolute Gasteiger partial charge is 0.185 e. The largest absolute Gasteiger partial charge is 0.546 e. The van der Waals surface area contributed by atoms with Crippen molar-refractivity contribution in [3.8, 4) is 17.2 Å². The fraction of sp³-hybridized carbons (Fsp3) is 0.158. The molecule has 0 heterocycles. The van der Waals surface area contributed by atoms with E-state index in [1.54, 1.807) is 44.6 Å². The highest BCUT2D eigenvalue weighted by Gasteiger charge is 2.05. The molecule has 0 fully saturated rings. The molecular formula is C19H17O6-. The SMILES string of the molecule is COc1ccc(/C=C/C(=O)c2ccc(OCC(=O)[O-])cc2)cc1OC. The van der Waals surface area contributed by atoms with Gasteiger partial charge in [0.2, 0.25) is 0 Å². The highest BCUT2D eigenvalue weighted by molar-refractivity contribution is 6.06. The standard InChI is InChI=1S/C19H18O6/c1-23-17-10-4-13(11-18(17)24-2)3-9-16(20)14-5-7-15(8-6-14)25-12-19(21)22/h3-11H,12H2,1-2H3,(H,21,22)/p-1/b9-3+. The van der Waals surface area contributed by atoms with Crippen LogP contribution in [0.2, 0.25) is 0 Å². The maximum absolute atomic E-state index is 12.2. The molecule has 2 aromatic carbocycles. The first-order chi connectivity index (χ1) is 12.0. The van der Waals surface area contributed by atoms with Gasteiger partial charge in [-0.2, -0.15) is 0 Å². The van der Waals surface area contributed by atoms with Gasteiger partial charge in [0.1, 0.15) is 12.4 Å². The maximum atomic E-state index is 12.2. The number of hydrogen-bond donors (Lipinski definition) is 0. The lowest BCUT2D eigenvalue weighted by molar-refractivity contribution is -0.307. The third kappa shape index (κ3) is 5.10. The first-order valence-corrected chi connectivity index (χ1v) is 7.40. The summed E-state index contributed by atoms with van der Waals surface area (Å²) >= 11 is 0. The van der Waals surface area contributed by atoms with Gasteiger partial charge in [0.15, 0.2) is 17.3 Å². The second-order valence-corrected chi connectivity index (χ2v) is 5.00. The van der Waals surface area contributed by atoms with Crippen LogP contribution in [-0.4, -0.2) is 32.6 Å². The van der Waals surface area contributed by atoms with Crippen molar-refractivity contribution in [1.82, 2.24) is 0 Å². The number of carboxylic acid groups (broad SMARTS) is 1. The molecule has 0 radical (unpaired) electrons. The quantitative estimate of drug-likeness (QED) is 0.537. The van der Waals surface area contributed by atoms with E-state index in [1.165, 1.54) is 18.2 Å². The second-order valence-electron chi connectivity index (χ2n) is 5.00. The Bertz CT molecular complexity index is 777. The summed E-state index contributed by atoms with van der Waals surface area (Å²) in [5.41, 5.74) is 1.25. The molecule has 2 aromatic rings. The molecule has 0 amide bonds. The lowest BCUT2D eigenvalue weighted by atomic mass is 10.1. The van der Waals surface area contributed by atoms with Crippen molar-refractivity contribution in [2.24, 2.45) is 0 Å². The van der Waals surface area contributed by atoms with E-state index < -0.39 is 12.6 Å². The Morgan fingerprint density at radius 3 is 2.28 bits per heavy atom. The van der Waals surface area contributed by atoms with Crippen LogP contribution in [0.4, 0.5) is 0 Å². The predicted octanol–water partition coefficient (Wildman–Crippen LogP) is 1.73. The normalized spacial score (nSPS) is 10.5. The van der Waals surface area contributed by atoms with Crippen LogP contribution in [0.5, 0.6) is 17.2 Å². The summed E-state index contributed by atoms with van der Waals surface area (Å²) in [4.78, 5) is 22.5. The van der Waals surface area contributed by atoms with E-state index in [1.807, 2.05) is 6.07 Å². The average Bonchev–Trinajstić information content (AvgIpc) is 2.64. The number of carbonyl (C=O) groups excluding carboxylic acids is 2. The highest BCUT2D eigenvalue weighted by Crippen LogP contribution is 2.28. The van der Waals surface area contributed by atoms with Gasteiger partial charge in [-0.1, -0.05) is 12.1 Å². The molecule has 6 heteroatoms. The van der Waals surface area contributed by atoms with E-state index in [2.05, 4.69) is 0 Å². The molecule has 0 spiro atoms. The van der Waals surface area contributed by atoms with Crippen molar-refractivity contribution in [3.05, 3.63) is 59.7 Å². The number of benzene rings is 2. The fourth-order valence-electron chi connectivity index (χ4n) is 2.08. The van der Waals surface area contributed by atoms with Gasteiger partial charge in [-0.3, -0.25) is 4.79 Å². The third-order valence-corrected chi connectivity index (χ3v) is 3.33. The van der Waals surface area contributed by atoms with Gasteiger partial charge >= 0.3 is 0 Å². The van der Waals surface area contributed by atoms with Crippen LogP contribution in [-0.2, 0) is 4.79 Å². The van der Waals surface area contributed by atoms with E-state index in [4.69, 9.17) is 14.2 Å². The average molecular weight is 341 g/mol. The van der Waals surface area contributed by atoms with Crippen LogP contribution in [0.1, 0.15) is 15.9 Å². The Kier molecular flexibility index (Phi) is 6.17. The predicted molar refractivity (Wildman–Crippen MR) is 89.9 cm³/mol. The third-order valence-electron chi connectivity index (χ3n) is 3.33. The van der Waals surface area contributed by atoms with Gasteiger partial charge < -0.3 is 24.1 Å². The number of ketones is 1. The van der Waals surface area contributed by atoms with Crippen LogP contribution >= 0.6 is 0 Å². The summed E-state index contributed by atoms with van der Waals surface area (Å²) in [7, 11) is 3.10. The number of methoxy groups -OCH3 is 2. The lowest BCUT2D eigenvalue weighted by Gasteiger charge is -2.07. The molecule has 0 atom stereocenters. The molecule has 0 aromatic heterocycles. The van der Waals surface area contributed by atoms with Gasteiger partial charge in [0.25, 0.3) is 0 Å². The summed E-state index contributed by atoms with van der Waals surface area (Å²) < 4.78 is 15.3. The number of aliphatic carboxylic acids is 1. The molecular weight excluding hydrogens is 324 g/mol. The molecule has 0 N–H and O–H groups in total. The van der Waals surface area contributed by atoms with Crippen molar-refractivity contribution >= 4 is 17.8 Å². The zero-order valence-electron chi connectivity index (χ0n) is 13.9. The van der Waals surface area contributed by atoms with Gasteiger partial charge in [-0.05, 0) is 48.0 Å². The van der Waals surface area contributed by atoms with Gasteiger partial charge in [-0.25, -0.2) is 0 Å². The van der Waals surface area contributed by atoms with Crippen LogP contribution in [0.3, 0.4) is 0 Å². The Morgan fingerprint density at radius 2 is 1.68 bits per heavy atom. The summed E-state index contributed by atoms with van der Waals surface area (Å²) in [6.07, 6.45) is 3.11. The van der Waals surface area contributed by atoms with E-state index >= 15 is 0 Å². The number of rotatable bonds is 8. The summed E-state index contributed by atoms with van der Waals surface area (Å²) in [5.74, 6) is 0.0357. The van der Waals surface area contributed by atoms with E-state index in [-0.39, 0.29) is 5.78 Å². The van der Waals surface area contributed by atoms with E-state index in [0.717, 1.165) is 5.56 Å². The summed E-state index contributed by atoms with van der Waals surface area (Å²) in [6, 6.07) is 11.5. The van der Waals surface area contributed by atoms with Crippen molar-refractivity contribution in [2.45, 2.75) is 0 Å². The number of carbonyl (C=O) groups is 2. The summed E-state index contributed by atoms with van der Waals surface area (Å²) in [6.45, 7) is -0.535. The molecule has 2 rings (SSSR count). The topological polar surface area (TPSA) is 84.9 Å².